The third-order valence-electron chi connectivity index (χ3n) is 2.40. The number of benzene rings is 1. The molecule has 1 rings (SSSR count). The van der Waals surface area contributed by atoms with Crippen molar-refractivity contribution in [3.05, 3.63) is 29.8 Å². The van der Waals surface area contributed by atoms with Gasteiger partial charge in [0, 0.05) is 18.8 Å². The number of nitrogens with zero attached hydrogens (tertiary/aromatic N) is 1. The summed E-state index contributed by atoms with van der Waals surface area (Å²) in [6.45, 7) is 4.51. The molecule has 0 bridgehead atoms. The molecule has 0 aromatic heterocycles. The molecule has 0 atom stereocenters. The highest BCUT2D eigenvalue weighted by Crippen LogP contribution is 2.14. The van der Waals surface area contributed by atoms with Gasteiger partial charge in [0.25, 0.3) is 0 Å². The van der Waals surface area contributed by atoms with E-state index in [9.17, 15) is 0 Å². The van der Waals surface area contributed by atoms with E-state index in [0.717, 1.165) is 18.7 Å². The molecule has 0 saturated heterocycles. The van der Waals surface area contributed by atoms with Crippen molar-refractivity contribution in [2.75, 3.05) is 31.1 Å². The molecule has 3 nitrogen and oxygen atoms in total. The molecule has 84 valence electrons. The van der Waals surface area contributed by atoms with E-state index in [4.69, 9.17) is 10.8 Å². The Kier molecular flexibility index (Phi) is 5.15. The summed E-state index contributed by atoms with van der Waals surface area (Å²) in [5.41, 5.74) is 7.89. The normalized spacial score (nSPS) is 10.3. The van der Waals surface area contributed by atoms with Gasteiger partial charge >= 0.3 is 0 Å². The van der Waals surface area contributed by atoms with Gasteiger partial charge in [0.1, 0.15) is 0 Å². The van der Waals surface area contributed by atoms with Crippen LogP contribution in [0.4, 0.5) is 5.69 Å². The Hall–Kier alpha value is -1.06. The molecule has 0 amide bonds. The molecule has 0 aliphatic rings. The van der Waals surface area contributed by atoms with Crippen LogP contribution < -0.4 is 10.6 Å². The fourth-order valence-corrected chi connectivity index (χ4v) is 1.53. The summed E-state index contributed by atoms with van der Waals surface area (Å²) in [5.74, 6) is 0. The van der Waals surface area contributed by atoms with Crippen LogP contribution in [0.15, 0.2) is 24.3 Å². The van der Waals surface area contributed by atoms with Crippen molar-refractivity contribution in [3.8, 4) is 0 Å². The second-order valence-corrected chi connectivity index (χ2v) is 3.69. The van der Waals surface area contributed by atoms with Crippen molar-refractivity contribution in [2.45, 2.75) is 13.3 Å². The van der Waals surface area contributed by atoms with E-state index in [1.807, 2.05) is 0 Å². The summed E-state index contributed by atoms with van der Waals surface area (Å²) >= 11 is 0. The maximum absolute atomic E-state index is 8.98. The predicted octanol–water partition coefficient (Wildman–Crippen LogP) is 1.14. The number of aryl methyl sites for hydroxylation is 1. The lowest BCUT2D eigenvalue weighted by Crippen LogP contribution is -2.29. The van der Waals surface area contributed by atoms with Crippen LogP contribution in [-0.4, -0.2) is 31.3 Å². The Bertz CT molecular complexity index is 271. The van der Waals surface area contributed by atoms with Crippen LogP contribution in [0.5, 0.6) is 0 Å². The Morgan fingerprint density at radius 3 is 2.40 bits per heavy atom. The topological polar surface area (TPSA) is 49.5 Å². The minimum absolute atomic E-state index is 0.179. The standard InChI is InChI=1S/C12H20N2O/c1-11-3-5-12(6-4-11)14(9-10-15)8-2-7-13/h3-6,15H,2,7-10,13H2,1H3. The van der Waals surface area contributed by atoms with Crippen LogP contribution in [0.1, 0.15) is 12.0 Å². The molecule has 0 aliphatic carbocycles. The molecule has 15 heavy (non-hydrogen) atoms. The first-order valence-electron chi connectivity index (χ1n) is 5.40. The Balaban J connectivity index is 2.65. The highest BCUT2D eigenvalue weighted by atomic mass is 16.3. The van der Waals surface area contributed by atoms with E-state index in [1.165, 1.54) is 5.56 Å². The fraction of sp³-hybridized carbons (Fsp3) is 0.500. The molecule has 0 unspecified atom stereocenters. The molecule has 3 N–H and O–H groups in total. The second kappa shape index (κ2) is 6.43. The molecule has 1 aromatic rings. The zero-order chi connectivity index (χ0) is 11.1. The highest BCUT2D eigenvalue weighted by molar-refractivity contribution is 5.47. The Morgan fingerprint density at radius 2 is 1.87 bits per heavy atom. The van der Waals surface area contributed by atoms with Gasteiger partial charge in [-0.15, -0.1) is 0 Å². The van der Waals surface area contributed by atoms with E-state index in [1.54, 1.807) is 0 Å². The lowest BCUT2D eigenvalue weighted by atomic mass is 10.2. The minimum Gasteiger partial charge on any atom is -0.395 e. The zero-order valence-corrected chi connectivity index (χ0v) is 9.32. The van der Waals surface area contributed by atoms with Crippen molar-refractivity contribution in [3.63, 3.8) is 0 Å². The molecular weight excluding hydrogens is 188 g/mol. The fourth-order valence-electron chi connectivity index (χ4n) is 1.53. The van der Waals surface area contributed by atoms with Crippen LogP contribution in [0.25, 0.3) is 0 Å². The van der Waals surface area contributed by atoms with Crippen LogP contribution >= 0.6 is 0 Å². The molecule has 0 aliphatic heterocycles. The number of aliphatic hydroxyl groups excluding tert-OH is 1. The van der Waals surface area contributed by atoms with Gasteiger partial charge in [-0.1, -0.05) is 17.7 Å². The van der Waals surface area contributed by atoms with E-state index < -0.39 is 0 Å². The molecular formula is C12H20N2O. The van der Waals surface area contributed by atoms with Crippen LogP contribution in [0.2, 0.25) is 0 Å². The van der Waals surface area contributed by atoms with Crippen molar-refractivity contribution in [2.24, 2.45) is 5.73 Å². The van der Waals surface area contributed by atoms with Crippen molar-refractivity contribution in [1.29, 1.82) is 0 Å². The van der Waals surface area contributed by atoms with E-state index in [0.29, 0.717) is 13.1 Å². The largest absolute Gasteiger partial charge is 0.395 e. The third-order valence-corrected chi connectivity index (χ3v) is 2.40. The average molecular weight is 208 g/mol. The average Bonchev–Trinajstić information content (AvgIpc) is 2.25. The van der Waals surface area contributed by atoms with Gasteiger partial charge < -0.3 is 15.7 Å². The maximum Gasteiger partial charge on any atom is 0.0606 e. The third kappa shape index (κ3) is 3.90. The first kappa shape index (κ1) is 12.0. The number of rotatable bonds is 6. The van der Waals surface area contributed by atoms with Gasteiger partial charge in [-0.2, -0.15) is 0 Å². The number of hydrogen-bond acceptors (Lipinski definition) is 3. The number of anilines is 1. The predicted molar refractivity (Wildman–Crippen MR) is 64.1 cm³/mol. The van der Waals surface area contributed by atoms with Gasteiger partial charge in [0.15, 0.2) is 0 Å². The van der Waals surface area contributed by atoms with Crippen LogP contribution in [0.3, 0.4) is 0 Å². The molecule has 0 fully saturated rings. The molecule has 0 spiro atoms. The zero-order valence-electron chi connectivity index (χ0n) is 9.32. The second-order valence-electron chi connectivity index (χ2n) is 3.69. The number of hydrogen-bond donors (Lipinski definition) is 2. The SMILES string of the molecule is Cc1ccc(N(CCO)CCCN)cc1. The quantitative estimate of drug-likeness (QED) is 0.737. The van der Waals surface area contributed by atoms with Crippen LogP contribution in [0, 0.1) is 6.92 Å². The summed E-state index contributed by atoms with van der Waals surface area (Å²) in [4.78, 5) is 2.16. The maximum atomic E-state index is 8.98. The molecule has 0 saturated carbocycles. The lowest BCUT2D eigenvalue weighted by Gasteiger charge is -2.23. The first-order valence-corrected chi connectivity index (χ1v) is 5.40. The van der Waals surface area contributed by atoms with Gasteiger partial charge in [-0.25, -0.2) is 0 Å². The van der Waals surface area contributed by atoms with Crippen molar-refractivity contribution < 1.29 is 5.11 Å². The number of aliphatic hydroxyl groups is 1. The lowest BCUT2D eigenvalue weighted by molar-refractivity contribution is 0.301. The van der Waals surface area contributed by atoms with Crippen LogP contribution in [-0.2, 0) is 0 Å². The first-order chi connectivity index (χ1) is 7.27. The molecule has 3 heteroatoms. The number of nitrogens with two attached hydrogens (primary N) is 1. The Labute approximate surface area is 91.5 Å². The Morgan fingerprint density at radius 1 is 1.20 bits per heavy atom. The highest BCUT2D eigenvalue weighted by Gasteiger charge is 2.04. The van der Waals surface area contributed by atoms with Gasteiger partial charge in [-0.3, -0.25) is 0 Å². The summed E-state index contributed by atoms with van der Waals surface area (Å²) in [6.07, 6.45) is 0.952. The van der Waals surface area contributed by atoms with E-state index >= 15 is 0 Å². The summed E-state index contributed by atoms with van der Waals surface area (Å²) in [5, 5.41) is 8.98. The summed E-state index contributed by atoms with van der Waals surface area (Å²) in [6, 6.07) is 8.34. The van der Waals surface area contributed by atoms with E-state index in [2.05, 4.69) is 36.1 Å². The van der Waals surface area contributed by atoms with Gasteiger partial charge in [-0.05, 0) is 32.0 Å². The molecule has 1 aromatic carbocycles. The van der Waals surface area contributed by atoms with Gasteiger partial charge in [0.05, 0.1) is 6.61 Å². The van der Waals surface area contributed by atoms with Crippen molar-refractivity contribution in [1.82, 2.24) is 0 Å². The van der Waals surface area contributed by atoms with E-state index in [-0.39, 0.29) is 6.61 Å². The summed E-state index contributed by atoms with van der Waals surface area (Å²) < 4.78 is 0. The summed E-state index contributed by atoms with van der Waals surface area (Å²) in [7, 11) is 0. The molecule has 0 radical (unpaired) electrons. The minimum atomic E-state index is 0.179. The smallest absolute Gasteiger partial charge is 0.0606 e. The van der Waals surface area contributed by atoms with Crippen molar-refractivity contribution >= 4 is 5.69 Å². The van der Waals surface area contributed by atoms with Gasteiger partial charge in [0.2, 0.25) is 0 Å². The monoisotopic (exact) mass is 208 g/mol. The molecule has 0 heterocycles.